The van der Waals surface area contributed by atoms with Crippen LogP contribution in [0.3, 0.4) is 0 Å². The number of hydrogen-bond acceptors (Lipinski definition) is 3. The SMILES string of the molecule is CNCC(=O)Cc1ccsc1. The summed E-state index contributed by atoms with van der Waals surface area (Å²) in [5, 5.41) is 6.83. The van der Waals surface area contributed by atoms with Gasteiger partial charge in [-0.1, -0.05) is 0 Å². The van der Waals surface area contributed by atoms with Crippen molar-refractivity contribution in [3.05, 3.63) is 22.4 Å². The monoisotopic (exact) mass is 169 g/mol. The molecule has 0 spiro atoms. The van der Waals surface area contributed by atoms with Crippen LogP contribution in [0.2, 0.25) is 0 Å². The molecule has 0 aliphatic carbocycles. The molecule has 1 aromatic heterocycles. The molecular weight excluding hydrogens is 158 g/mol. The lowest BCUT2D eigenvalue weighted by Crippen LogP contribution is -2.19. The van der Waals surface area contributed by atoms with Gasteiger partial charge in [0, 0.05) is 6.42 Å². The van der Waals surface area contributed by atoms with E-state index in [1.807, 2.05) is 16.8 Å². The highest BCUT2D eigenvalue weighted by atomic mass is 32.1. The molecule has 3 heteroatoms. The van der Waals surface area contributed by atoms with Gasteiger partial charge in [0.25, 0.3) is 0 Å². The largest absolute Gasteiger partial charge is 0.313 e. The second kappa shape index (κ2) is 4.26. The van der Waals surface area contributed by atoms with Gasteiger partial charge in [-0.2, -0.15) is 11.3 Å². The third-order valence-corrected chi connectivity index (χ3v) is 2.09. The van der Waals surface area contributed by atoms with Crippen LogP contribution < -0.4 is 5.32 Å². The Hall–Kier alpha value is -0.670. The van der Waals surface area contributed by atoms with Crippen LogP contribution in [0.25, 0.3) is 0 Å². The zero-order valence-electron chi connectivity index (χ0n) is 6.46. The van der Waals surface area contributed by atoms with Gasteiger partial charge in [-0.25, -0.2) is 0 Å². The lowest BCUT2D eigenvalue weighted by molar-refractivity contribution is -0.117. The molecular formula is C8H11NOS. The Kier molecular flexibility index (Phi) is 3.26. The first-order valence-electron chi connectivity index (χ1n) is 3.50. The van der Waals surface area contributed by atoms with E-state index in [4.69, 9.17) is 0 Å². The maximum Gasteiger partial charge on any atom is 0.150 e. The van der Waals surface area contributed by atoms with Crippen LogP contribution in [-0.4, -0.2) is 19.4 Å². The maximum atomic E-state index is 11.1. The number of nitrogens with one attached hydrogen (secondary N) is 1. The van der Waals surface area contributed by atoms with Gasteiger partial charge in [-0.15, -0.1) is 0 Å². The van der Waals surface area contributed by atoms with E-state index in [0.29, 0.717) is 13.0 Å². The van der Waals surface area contributed by atoms with E-state index in [2.05, 4.69) is 5.32 Å². The smallest absolute Gasteiger partial charge is 0.150 e. The summed E-state index contributed by atoms with van der Waals surface area (Å²) in [6.07, 6.45) is 0.560. The van der Waals surface area contributed by atoms with Gasteiger partial charge in [0.05, 0.1) is 6.54 Å². The number of thiophene rings is 1. The minimum absolute atomic E-state index is 0.242. The Bertz CT molecular complexity index is 218. The van der Waals surface area contributed by atoms with Gasteiger partial charge < -0.3 is 5.32 Å². The quantitative estimate of drug-likeness (QED) is 0.730. The Morgan fingerprint density at radius 1 is 1.73 bits per heavy atom. The first-order valence-corrected chi connectivity index (χ1v) is 4.44. The van der Waals surface area contributed by atoms with Crippen molar-refractivity contribution < 1.29 is 4.79 Å². The second-order valence-corrected chi connectivity index (χ2v) is 3.16. The van der Waals surface area contributed by atoms with E-state index in [-0.39, 0.29) is 5.78 Å². The fourth-order valence-corrected chi connectivity index (χ4v) is 1.55. The molecule has 0 saturated carbocycles. The molecule has 0 saturated heterocycles. The Morgan fingerprint density at radius 3 is 3.09 bits per heavy atom. The molecule has 0 bridgehead atoms. The van der Waals surface area contributed by atoms with Crippen molar-refractivity contribution in [2.24, 2.45) is 0 Å². The van der Waals surface area contributed by atoms with Crippen LogP contribution in [0.5, 0.6) is 0 Å². The van der Waals surface area contributed by atoms with Gasteiger partial charge in [-0.05, 0) is 29.4 Å². The van der Waals surface area contributed by atoms with E-state index in [1.165, 1.54) is 0 Å². The lowest BCUT2D eigenvalue weighted by atomic mass is 10.2. The molecule has 0 amide bonds. The first kappa shape index (κ1) is 8.43. The first-order chi connectivity index (χ1) is 5.33. The van der Waals surface area contributed by atoms with E-state index in [9.17, 15) is 4.79 Å². The lowest BCUT2D eigenvalue weighted by Gasteiger charge is -1.95. The van der Waals surface area contributed by atoms with Crippen LogP contribution in [0, 0.1) is 0 Å². The molecule has 0 atom stereocenters. The number of carbonyl (C=O) groups is 1. The van der Waals surface area contributed by atoms with E-state index < -0.39 is 0 Å². The Morgan fingerprint density at radius 2 is 2.55 bits per heavy atom. The van der Waals surface area contributed by atoms with Gasteiger partial charge in [-0.3, -0.25) is 4.79 Å². The summed E-state index contributed by atoms with van der Waals surface area (Å²) >= 11 is 1.63. The molecule has 11 heavy (non-hydrogen) atoms. The Labute approximate surface area is 70.2 Å². The minimum Gasteiger partial charge on any atom is -0.313 e. The molecule has 0 aliphatic heterocycles. The van der Waals surface area contributed by atoms with Gasteiger partial charge in [0.1, 0.15) is 0 Å². The van der Waals surface area contributed by atoms with Crippen LogP contribution in [0.15, 0.2) is 16.8 Å². The van der Waals surface area contributed by atoms with Crippen molar-refractivity contribution >= 4 is 17.1 Å². The zero-order chi connectivity index (χ0) is 8.10. The van der Waals surface area contributed by atoms with Crippen LogP contribution in [-0.2, 0) is 11.2 Å². The Balaban J connectivity index is 2.37. The summed E-state index contributed by atoms with van der Waals surface area (Å²) in [4.78, 5) is 11.1. The summed E-state index contributed by atoms with van der Waals surface area (Å²) in [6, 6.07) is 1.98. The van der Waals surface area contributed by atoms with E-state index in [0.717, 1.165) is 5.56 Å². The van der Waals surface area contributed by atoms with E-state index in [1.54, 1.807) is 18.4 Å². The number of likely N-dealkylation sites (N-methyl/N-ethyl adjacent to an activating group) is 1. The summed E-state index contributed by atoms with van der Waals surface area (Å²) in [5.41, 5.74) is 1.12. The third-order valence-electron chi connectivity index (χ3n) is 1.36. The summed E-state index contributed by atoms with van der Waals surface area (Å²) < 4.78 is 0. The van der Waals surface area contributed by atoms with E-state index >= 15 is 0 Å². The van der Waals surface area contributed by atoms with Crippen LogP contribution in [0.4, 0.5) is 0 Å². The summed E-state index contributed by atoms with van der Waals surface area (Å²) in [6.45, 7) is 0.468. The molecule has 1 aromatic rings. The number of carbonyl (C=O) groups excluding carboxylic acids is 1. The molecule has 0 aromatic carbocycles. The number of Topliss-reactive ketones (excluding diaryl/α,β-unsaturated/α-hetero) is 1. The van der Waals surface area contributed by atoms with Crippen molar-refractivity contribution in [3.8, 4) is 0 Å². The predicted molar refractivity (Wildman–Crippen MR) is 47.0 cm³/mol. The van der Waals surface area contributed by atoms with Gasteiger partial charge >= 0.3 is 0 Å². The zero-order valence-corrected chi connectivity index (χ0v) is 7.28. The van der Waals surface area contributed by atoms with Gasteiger partial charge in [0.2, 0.25) is 0 Å². The van der Waals surface area contributed by atoms with Crippen molar-refractivity contribution in [3.63, 3.8) is 0 Å². The molecule has 1 heterocycles. The van der Waals surface area contributed by atoms with Crippen LogP contribution in [0.1, 0.15) is 5.56 Å². The second-order valence-electron chi connectivity index (χ2n) is 2.38. The fourth-order valence-electron chi connectivity index (χ4n) is 0.881. The van der Waals surface area contributed by atoms with Crippen molar-refractivity contribution in [2.45, 2.75) is 6.42 Å². The fraction of sp³-hybridized carbons (Fsp3) is 0.375. The number of rotatable bonds is 4. The molecule has 0 aliphatic rings. The molecule has 0 unspecified atom stereocenters. The van der Waals surface area contributed by atoms with Crippen molar-refractivity contribution in [1.29, 1.82) is 0 Å². The standard InChI is InChI=1S/C8H11NOS/c1-9-5-8(10)4-7-2-3-11-6-7/h2-3,6,9H,4-5H2,1H3. The molecule has 0 fully saturated rings. The highest BCUT2D eigenvalue weighted by molar-refractivity contribution is 7.07. The molecule has 2 nitrogen and oxygen atoms in total. The highest BCUT2D eigenvalue weighted by Gasteiger charge is 2.01. The molecule has 1 rings (SSSR count). The van der Waals surface area contributed by atoms with Crippen LogP contribution >= 0.6 is 11.3 Å². The molecule has 60 valence electrons. The van der Waals surface area contributed by atoms with Gasteiger partial charge in [0.15, 0.2) is 5.78 Å². The number of ketones is 1. The van der Waals surface area contributed by atoms with Crippen molar-refractivity contribution in [2.75, 3.05) is 13.6 Å². The topological polar surface area (TPSA) is 29.1 Å². The van der Waals surface area contributed by atoms with Crippen molar-refractivity contribution in [1.82, 2.24) is 5.32 Å². The normalized spacial score (nSPS) is 9.91. The molecule has 1 N–H and O–H groups in total. The highest BCUT2D eigenvalue weighted by Crippen LogP contribution is 2.06. The predicted octanol–water partition coefficient (Wildman–Crippen LogP) is 1.08. The average molecular weight is 169 g/mol. The maximum absolute atomic E-state index is 11.1. The number of hydrogen-bond donors (Lipinski definition) is 1. The summed E-state index contributed by atoms with van der Waals surface area (Å²) in [5.74, 6) is 0.242. The molecule has 0 radical (unpaired) electrons. The summed E-state index contributed by atoms with van der Waals surface area (Å²) in [7, 11) is 1.78. The minimum atomic E-state index is 0.242. The average Bonchev–Trinajstić information content (AvgIpc) is 2.40. The third kappa shape index (κ3) is 2.82.